The molecule has 1 saturated heterocycles. The molecule has 0 radical (unpaired) electrons. The summed E-state index contributed by atoms with van der Waals surface area (Å²) in [7, 11) is 0. The standard InChI is InChI=1S/C26H24BrN3O2/c27-20-11-12-22-21(17-20)24(31)29-26(28-22)13-15-30(16-14-26)25(32)23(18-7-3-1-4-8-18)19-9-5-2-6-10-19/h1-12,17,23,28H,13-16H2,(H,29,31). The minimum Gasteiger partial charge on any atom is -0.362 e. The van der Waals surface area contributed by atoms with Crippen molar-refractivity contribution in [2.24, 2.45) is 0 Å². The molecule has 2 aliphatic heterocycles. The summed E-state index contributed by atoms with van der Waals surface area (Å²) in [5.74, 6) is -0.312. The van der Waals surface area contributed by atoms with Gasteiger partial charge in [0.05, 0.1) is 11.5 Å². The normalized spacial score (nSPS) is 16.9. The van der Waals surface area contributed by atoms with Gasteiger partial charge in [0.2, 0.25) is 5.91 Å². The number of rotatable bonds is 3. The molecule has 32 heavy (non-hydrogen) atoms. The molecule has 5 nitrogen and oxygen atoms in total. The smallest absolute Gasteiger partial charge is 0.255 e. The Morgan fingerprint density at radius 2 is 1.47 bits per heavy atom. The quantitative estimate of drug-likeness (QED) is 0.557. The molecule has 1 spiro atoms. The molecule has 3 aromatic carbocycles. The van der Waals surface area contributed by atoms with E-state index >= 15 is 0 Å². The molecule has 0 aromatic heterocycles. The molecule has 3 aromatic rings. The van der Waals surface area contributed by atoms with Crippen molar-refractivity contribution < 1.29 is 9.59 Å². The number of halogens is 1. The maximum atomic E-state index is 13.7. The molecule has 0 unspecified atom stereocenters. The molecule has 2 N–H and O–H groups in total. The molecule has 6 heteroatoms. The fraction of sp³-hybridized carbons (Fsp3) is 0.231. The number of carbonyl (C=O) groups is 2. The van der Waals surface area contributed by atoms with Crippen molar-refractivity contribution in [2.75, 3.05) is 18.4 Å². The van der Waals surface area contributed by atoms with Crippen LogP contribution in [0.3, 0.4) is 0 Å². The van der Waals surface area contributed by atoms with E-state index in [-0.39, 0.29) is 17.7 Å². The summed E-state index contributed by atoms with van der Waals surface area (Å²) in [6.07, 6.45) is 1.30. The molecule has 1 fully saturated rings. The summed E-state index contributed by atoms with van der Waals surface area (Å²) < 4.78 is 0.873. The van der Waals surface area contributed by atoms with Crippen LogP contribution in [-0.4, -0.2) is 35.5 Å². The van der Waals surface area contributed by atoms with Crippen LogP contribution in [-0.2, 0) is 4.79 Å². The van der Waals surface area contributed by atoms with Crippen molar-refractivity contribution in [3.8, 4) is 0 Å². The molecule has 162 valence electrons. The number of hydrogen-bond acceptors (Lipinski definition) is 3. The minimum absolute atomic E-state index is 0.0775. The highest BCUT2D eigenvalue weighted by molar-refractivity contribution is 9.10. The van der Waals surface area contributed by atoms with E-state index in [9.17, 15) is 9.59 Å². The van der Waals surface area contributed by atoms with Gasteiger partial charge in [-0.25, -0.2) is 0 Å². The second-order valence-corrected chi connectivity index (χ2v) is 9.35. The Labute approximate surface area is 196 Å². The molecule has 5 rings (SSSR count). The molecule has 0 aliphatic carbocycles. The van der Waals surface area contributed by atoms with Gasteiger partial charge in [-0.2, -0.15) is 0 Å². The zero-order valence-corrected chi connectivity index (χ0v) is 19.1. The first-order valence-electron chi connectivity index (χ1n) is 10.8. The summed E-state index contributed by atoms with van der Waals surface area (Å²) in [6, 6.07) is 25.6. The lowest BCUT2D eigenvalue weighted by Gasteiger charge is -2.46. The molecule has 0 bridgehead atoms. The van der Waals surface area contributed by atoms with Crippen LogP contribution in [0.2, 0.25) is 0 Å². The first kappa shape index (κ1) is 20.8. The van der Waals surface area contributed by atoms with E-state index in [1.54, 1.807) is 0 Å². The number of likely N-dealkylation sites (tertiary alicyclic amines) is 1. The van der Waals surface area contributed by atoms with Crippen LogP contribution in [0.4, 0.5) is 5.69 Å². The molecule has 0 atom stereocenters. The van der Waals surface area contributed by atoms with E-state index in [1.807, 2.05) is 83.8 Å². The van der Waals surface area contributed by atoms with Gasteiger partial charge < -0.3 is 15.5 Å². The van der Waals surface area contributed by atoms with Crippen molar-refractivity contribution in [3.63, 3.8) is 0 Å². The van der Waals surface area contributed by atoms with E-state index < -0.39 is 5.66 Å². The largest absolute Gasteiger partial charge is 0.362 e. The molecule has 2 amide bonds. The molecule has 2 heterocycles. The predicted molar refractivity (Wildman–Crippen MR) is 129 cm³/mol. The highest BCUT2D eigenvalue weighted by atomic mass is 79.9. The number of anilines is 1. The van der Waals surface area contributed by atoms with Gasteiger partial charge in [-0.1, -0.05) is 76.6 Å². The Bertz CT molecular complexity index is 1100. The van der Waals surface area contributed by atoms with Gasteiger partial charge in [0.15, 0.2) is 0 Å². The molecule has 2 aliphatic rings. The lowest BCUT2D eigenvalue weighted by molar-refractivity contribution is -0.133. The van der Waals surface area contributed by atoms with Crippen LogP contribution in [0.25, 0.3) is 0 Å². The summed E-state index contributed by atoms with van der Waals surface area (Å²) >= 11 is 3.43. The zero-order valence-electron chi connectivity index (χ0n) is 17.6. The summed E-state index contributed by atoms with van der Waals surface area (Å²) in [5.41, 5.74) is 2.93. The Hall–Kier alpha value is -3.12. The summed E-state index contributed by atoms with van der Waals surface area (Å²) in [5, 5.41) is 6.69. The third-order valence-corrected chi connectivity index (χ3v) is 6.89. The third-order valence-electron chi connectivity index (χ3n) is 6.39. The number of piperidine rings is 1. The summed E-state index contributed by atoms with van der Waals surface area (Å²) in [6.45, 7) is 1.16. The number of amides is 2. The van der Waals surface area contributed by atoms with Crippen LogP contribution in [0, 0.1) is 0 Å². The number of fused-ring (bicyclic) bond motifs is 1. The molecular weight excluding hydrogens is 466 g/mol. The maximum absolute atomic E-state index is 13.7. The van der Waals surface area contributed by atoms with Crippen molar-refractivity contribution in [1.82, 2.24) is 10.2 Å². The van der Waals surface area contributed by atoms with Gasteiger partial charge in [0, 0.05) is 36.1 Å². The Balaban J connectivity index is 1.36. The fourth-order valence-corrected chi connectivity index (χ4v) is 5.06. The van der Waals surface area contributed by atoms with Gasteiger partial charge in [0.1, 0.15) is 5.66 Å². The minimum atomic E-state index is -0.524. The van der Waals surface area contributed by atoms with Gasteiger partial charge in [-0.3, -0.25) is 9.59 Å². The Kier molecular flexibility index (Phi) is 5.47. The topological polar surface area (TPSA) is 61.4 Å². The van der Waals surface area contributed by atoms with Gasteiger partial charge in [0.25, 0.3) is 5.91 Å². The zero-order chi connectivity index (χ0) is 22.1. The number of hydrogen-bond donors (Lipinski definition) is 2. The highest BCUT2D eigenvalue weighted by Gasteiger charge is 2.42. The van der Waals surface area contributed by atoms with E-state index in [0.29, 0.717) is 31.5 Å². The van der Waals surface area contributed by atoms with Gasteiger partial charge in [-0.05, 0) is 29.3 Å². The lowest BCUT2D eigenvalue weighted by Crippen LogP contribution is -2.63. The monoisotopic (exact) mass is 489 g/mol. The first-order valence-corrected chi connectivity index (χ1v) is 11.6. The van der Waals surface area contributed by atoms with Crippen molar-refractivity contribution in [3.05, 3.63) is 100 Å². The average Bonchev–Trinajstić information content (AvgIpc) is 2.82. The number of carbonyl (C=O) groups excluding carboxylic acids is 2. The van der Waals surface area contributed by atoms with Crippen molar-refractivity contribution in [1.29, 1.82) is 0 Å². The summed E-state index contributed by atoms with van der Waals surface area (Å²) in [4.78, 5) is 28.4. The second kappa shape index (κ2) is 8.43. The molecular formula is C26H24BrN3O2. The second-order valence-electron chi connectivity index (χ2n) is 8.43. The van der Waals surface area contributed by atoms with Crippen molar-refractivity contribution in [2.45, 2.75) is 24.4 Å². The Morgan fingerprint density at radius 1 is 0.875 bits per heavy atom. The first-order chi connectivity index (χ1) is 15.5. The van der Waals surface area contributed by atoms with Gasteiger partial charge in [-0.15, -0.1) is 0 Å². The highest BCUT2D eigenvalue weighted by Crippen LogP contribution is 2.34. The third kappa shape index (κ3) is 3.91. The van der Waals surface area contributed by atoms with Crippen LogP contribution in [0.5, 0.6) is 0 Å². The fourth-order valence-electron chi connectivity index (χ4n) is 4.70. The van der Waals surface area contributed by atoms with Crippen LogP contribution < -0.4 is 10.6 Å². The molecule has 0 saturated carbocycles. The lowest BCUT2D eigenvalue weighted by atomic mass is 9.87. The van der Waals surface area contributed by atoms with E-state index in [0.717, 1.165) is 21.3 Å². The van der Waals surface area contributed by atoms with E-state index in [4.69, 9.17) is 0 Å². The van der Waals surface area contributed by atoms with Crippen LogP contribution in [0.15, 0.2) is 83.3 Å². The van der Waals surface area contributed by atoms with E-state index in [2.05, 4.69) is 26.6 Å². The Morgan fingerprint density at radius 3 is 2.06 bits per heavy atom. The van der Waals surface area contributed by atoms with Crippen molar-refractivity contribution >= 4 is 33.4 Å². The SMILES string of the molecule is O=C1NC2(CCN(C(=O)C(c3ccccc3)c3ccccc3)CC2)Nc2ccc(Br)cc21. The van der Waals surface area contributed by atoms with Gasteiger partial charge >= 0.3 is 0 Å². The number of nitrogens with zero attached hydrogens (tertiary/aromatic N) is 1. The van der Waals surface area contributed by atoms with Crippen LogP contribution >= 0.6 is 15.9 Å². The van der Waals surface area contributed by atoms with Crippen LogP contribution in [0.1, 0.15) is 40.2 Å². The average molecular weight is 490 g/mol. The number of nitrogens with one attached hydrogen (secondary N) is 2. The number of benzene rings is 3. The van der Waals surface area contributed by atoms with E-state index in [1.165, 1.54) is 0 Å². The predicted octanol–water partition coefficient (Wildman–Crippen LogP) is 4.76. The maximum Gasteiger partial charge on any atom is 0.255 e.